The molecular weight excluding hydrogens is 285 g/mol. The van der Waals surface area contributed by atoms with Gasteiger partial charge in [0.1, 0.15) is 17.8 Å². The maximum Gasteiger partial charge on any atom is 0.401 e. The summed E-state index contributed by atoms with van der Waals surface area (Å²) in [5.74, 6) is -1.62. The van der Waals surface area contributed by atoms with Crippen molar-refractivity contribution in [2.24, 2.45) is 29.1 Å². The van der Waals surface area contributed by atoms with Crippen LogP contribution in [0.3, 0.4) is 0 Å². The van der Waals surface area contributed by atoms with Crippen LogP contribution in [-0.2, 0) is 14.3 Å². The van der Waals surface area contributed by atoms with Crippen molar-refractivity contribution in [1.82, 2.24) is 0 Å². The second kappa shape index (κ2) is 5.29. The molecule has 0 aliphatic heterocycles. The minimum atomic E-state index is -4.52. The van der Waals surface area contributed by atoms with E-state index in [1.165, 1.54) is 0 Å². The zero-order chi connectivity index (χ0) is 16.0. The van der Waals surface area contributed by atoms with E-state index in [1.807, 2.05) is 13.8 Å². The van der Waals surface area contributed by atoms with E-state index in [1.54, 1.807) is 6.92 Å². The van der Waals surface area contributed by atoms with E-state index in [-0.39, 0.29) is 42.9 Å². The van der Waals surface area contributed by atoms with Crippen LogP contribution in [0.4, 0.5) is 13.2 Å². The average Bonchev–Trinajstić information content (AvgIpc) is 2.94. The summed E-state index contributed by atoms with van der Waals surface area (Å²) < 4.78 is 44.9. The molecule has 0 radical (unpaired) electrons. The lowest BCUT2D eigenvalue weighted by atomic mass is 9.73. The highest BCUT2D eigenvalue weighted by Gasteiger charge is 2.68. The Bertz CT molecular complexity index is 432. The van der Waals surface area contributed by atoms with Crippen molar-refractivity contribution < 1.29 is 27.5 Å². The van der Waals surface area contributed by atoms with E-state index in [0.29, 0.717) is 6.42 Å². The van der Waals surface area contributed by atoms with Gasteiger partial charge in [-0.05, 0) is 37.0 Å². The Labute approximate surface area is 122 Å². The molecule has 0 saturated heterocycles. The number of halogens is 3. The number of aldehydes is 1. The van der Waals surface area contributed by atoms with Crippen molar-refractivity contribution in [2.45, 2.75) is 52.3 Å². The van der Waals surface area contributed by atoms with Crippen LogP contribution in [0.2, 0.25) is 0 Å². The highest BCUT2D eigenvalue weighted by Crippen LogP contribution is 2.62. The fourth-order valence-electron chi connectivity index (χ4n) is 3.55. The third-order valence-electron chi connectivity index (χ3n) is 5.34. The van der Waals surface area contributed by atoms with Crippen LogP contribution < -0.4 is 0 Å². The molecule has 120 valence electrons. The molecular formula is C15H21F3O3. The van der Waals surface area contributed by atoms with E-state index >= 15 is 0 Å². The fraction of sp³-hybridized carbons (Fsp3) is 0.867. The Morgan fingerprint density at radius 2 is 1.90 bits per heavy atom. The smallest absolute Gasteiger partial charge is 0.401 e. The lowest BCUT2D eigenvalue weighted by Crippen LogP contribution is -2.46. The molecule has 2 aliphatic rings. The molecule has 0 spiro atoms. The summed E-state index contributed by atoms with van der Waals surface area (Å²) in [6.45, 7) is 5.55. The first-order valence-electron chi connectivity index (χ1n) is 7.36. The van der Waals surface area contributed by atoms with Crippen molar-refractivity contribution in [2.75, 3.05) is 0 Å². The van der Waals surface area contributed by atoms with Crippen molar-refractivity contribution in [3.05, 3.63) is 0 Å². The van der Waals surface area contributed by atoms with Gasteiger partial charge >= 0.3 is 12.1 Å². The number of esters is 1. The zero-order valence-corrected chi connectivity index (χ0v) is 12.4. The van der Waals surface area contributed by atoms with Gasteiger partial charge in [0.2, 0.25) is 0 Å². The van der Waals surface area contributed by atoms with Gasteiger partial charge in [-0.15, -0.1) is 0 Å². The van der Waals surface area contributed by atoms with Crippen LogP contribution in [0.15, 0.2) is 0 Å². The Morgan fingerprint density at radius 1 is 1.29 bits per heavy atom. The summed E-state index contributed by atoms with van der Waals surface area (Å²) >= 11 is 0. The SMILES string of the molecule is CC(C)C(C)C(=O)OC1CC2CC1CC2(C=O)C(F)(F)F. The van der Waals surface area contributed by atoms with Gasteiger partial charge in [0.15, 0.2) is 0 Å². The standard InChI is InChI=1S/C15H21F3O3/c1-8(2)9(3)13(20)21-12-5-11-4-10(12)6-14(11,7-19)15(16,17)18/h7-12H,4-6H2,1-3H3. The average molecular weight is 306 g/mol. The highest BCUT2D eigenvalue weighted by molar-refractivity contribution is 5.72. The number of fused-ring (bicyclic) bond motifs is 2. The van der Waals surface area contributed by atoms with Gasteiger partial charge in [0.05, 0.1) is 5.92 Å². The molecule has 3 nitrogen and oxygen atoms in total. The molecule has 0 aromatic carbocycles. The number of hydrogen-bond donors (Lipinski definition) is 0. The van der Waals surface area contributed by atoms with Crippen molar-refractivity contribution in [1.29, 1.82) is 0 Å². The minimum absolute atomic E-state index is 0.0620. The number of carbonyl (C=O) groups excluding carboxylic acids is 2. The van der Waals surface area contributed by atoms with Gasteiger partial charge < -0.3 is 9.53 Å². The largest absolute Gasteiger partial charge is 0.462 e. The van der Waals surface area contributed by atoms with E-state index in [0.717, 1.165) is 0 Å². The summed E-state index contributed by atoms with van der Waals surface area (Å²) in [7, 11) is 0. The van der Waals surface area contributed by atoms with Crippen LogP contribution in [0.1, 0.15) is 40.0 Å². The first-order chi connectivity index (χ1) is 9.62. The molecule has 5 unspecified atom stereocenters. The van der Waals surface area contributed by atoms with Crippen molar-refractivity contribution >= 4 is 12.3 Å². The fourth-order valence-corrected chi connectivity index (χ4v) is 3.55. The normalized spacial score (nSPS) is 36.8. The maximum atomic E-state index is 13.2. The first kappa shape index (κ1) is 16.3. The van der Waals surface area contributed by atoms with Crippen LogP contribution in [0.25, 0.3) is 0 Å². The van der Waals surface area contributed by atoms with Crippen molar-refractivity contribution in [3.63, 3.8) is 0 Å². The van der Waals surface area contributed by atoms with Crippen LogP contribution in [0, 0.1) is 29.1 Å². The quantitative estimate of drug-likeness (QED) is 0.591. The maximum absolute atomic E-state index is 13.2. The van der Waals surface area contributed by atoms with E-state index < -0.39 is 23.6 Å². The van der Waals surface area contributed by atoms with Gasteiger partial charge in [-0.2, -0.15) is 13.2 Å². The summed E-state index contributed by atoms with van der Waals surface area (Å²) in [4.78, 5) is 23.0. The monoisotopic (exact) mass is 306 g/mol. The van der Waals surface area contributed by atoms with E-state index in [2.05, 4.69) is 0 Å². The predicted molar refractivity (Wildman–Crippen MR) is 69.3 cm³/mol. The van der Waals surface area contributed by atoms with Crippen LogP contribution >= 0.6 is 0 Å². The molecule has 0 amide bonds. The Hall–Kier alpha value is -1.07. The summed E-state index contributed by atoms with van der Waals surface area (Å²) in [6, 6.07) is 0. The summed E-state index contributed by atoms with van der Waals surface area (Å²) in [5.41, 5.74) is -2.23. The Balaban J connectivity index is 2.04. The second-order valence-electron chi connectivity index (χ2n) is 6.80. The molecule has 6 heteroatoms. The lowest BCUT2D eigenvalue weighted by molar-refractivity contribution is -0.232. The summed E-state index contributed by atoms with van der Waals surface area (Å²) in [5, 5.41) is 0. The predicted octanol–water partition coefficient (Wildman–Crippen LogP) is 3.37. The molecule has 5 atom stereocenters. The molecule has 2 fully saturated rings. The lowest BCUT2D eigenvalue weighted by Gasteiger charge is -2.37. The number of alkyl halides is 3. The molecule has 0 heterocycles. The van der Waals surface area contributed by atoms with Gasteiger partial charge in [-0.3, -0.25) is 4.79 Å². The molecule has 0 N–H and O–H groups in total. The Morgan fingerprint density at radius 3 is 2.29 bits per heavy atom. The third-order valence-corrected chi connectivity index (χ3v) is 5.34. The van der Waals surface area contributed by atoms with Gasteiger partial charge in [-0.1, -0.05) is 20.8 Å². The first-order valence-corrected chi connectivity index (χ1v) is 7.36. The number of rotatable bonds is 4. The van der Waals surface area contributed by atoms with Gasteiger partial charge in [0, 0.05) is 0 Å². The zero-order valence-electron chi connectivity index (χ0n) is 12.4. The molecule has 21 heavy (non-hydrogen) atoms. The highest BCUT2D eigenvalue weighted by atomic mass is 19.4. The van der Waals surface area contributed by atoms with Crippen LogP contribution in [-0.4, -0.2) is 24.5 Å². The van der Waals surface area contributed by atoms with Crippen LogP contribution in [0.5, 0.6) is 0 Å². The van der Waals surface area contributed by atoms with Gasteiger partial charge in [0.25, 0.3) is 0 Å². The number of carbonyl (C=O) groups is 2. The molecule has 2 saturated carbocycles. The minimum Gasteiger partial charge on any atom is -0.462 e. The van der Waals surface area contributed by atoms with Gasteiger partial charge in [-0.25, -0.2) is 0 Å². The molecule has 2 bridgehead atoms. The molecule has 0 aromatic rings. The second-order valence-corrected chi connectivity index (χ2v) is 6.80. The summed E-state index contributed by atoms with van der Waals surface area (Å²) in [6.07, 6.45) is -4.73. The number of ether oxygens (including phenoxy) is 1. The topological polar surface area (TPSA) is 43.4 Å². The van der Waals surface area contributed by atoms with Crippen molar-refractivity contribution in [3.8, 4) is 0 Å². The molecule has 2 rings (SSSR count). The van der Waals surface area contributed by atoms with E-state index in [4.69, 9.17) is 4.74 Å². The third kappa shape index (κ3) is 2.57. The number of hydrogen-bond acceptors (Lipinski definition) is 3. The molecule has 0 aromatic heterocycles. The van der Waals surface area contributed by atoms with E-state index in [9.17, 15) is 22.8 Å². The molecule has 2 aliphatic carbocycles. The Kier molecular flexibility index (Phi) is 4.10.